The van der Waals surface area contributed by atoms with Crippen molar-refractivity contribution in [1.29, 1.82) is 0 Å². The first-order valence-corrected chi connectivity index (χ1v) is 9.13. The second kappa shape index (κ2) is 6.37. The van der Waals surface area contributed by atoms with E-state index in [1.54, 1.807) is 11.8 Å². The standard InChI is InChI=1S/C19H19N5S/c1-13-9-14(2)22-24-18(13)17(16-7-5-4-6-8-16)21-19(24)25-12-15-10-20-23(3)11-15/h4-11H,12H2,1-3H3. The first-order chi connectivity index (χ1) is 12.1. The van der Waals surface area contributed by atoms with Crippen molar-refractivity contribution in [3.8, 4) is 11.3 Å². The van der Waals surface area contributed by atoms with Crippen molar-refractivity contribution in [3.63, 3.8) is 0 Å². The number of aromatic nitrogens is 5. The lowest BCUT2D eigenvalue weighted by Crippen LogP contribution is -1.98. The molecule has 0 N–H and O–H groups in total. The van der Waals surface area contributed by atoms with Crippen LogP contribution >= 0.6 is 11.8 Å². The molecule has 0 aliphatic rings. The third-order valence-electron chi connectivity index (χ3n) is 4.05. The number of fused-ring (bicyclic) bond motifs is 1. The predicted octanol–water partition coefficient (Wildman–Crippen LogP) is 4.04. The molecule has 4 rings (SSSR count). The molecule has 0 fully saturated rings. The molecule has 6 heteroatoms. The van der Waals surface area contributed by atoms with E-state index in [1.807, 2.05) is 53.8 Å². The maximum absolute atomic E-state index is 4.92. The van der Waals surface area contributed by atoms with Crippen LogP contribution in [0, 0.1) is 13.8 Å². The Morgan fingerprint density at radius 2 is 1.92 bits per heavy atom. The van der Waals surface area contributed by atoms with Gasteiger partial charge in [0.15, 0.2) is 5.16 Å². The van der Waals surface area contributed by atoms with Gasteiger partial charge in [0.05, 0.1) is 23.1 Å². The highest BCUT2D eigenvalue weighted by Crippen LogP contribution is 2.31. The summed E-state index contributed by atoms with van der Waals surface area (Å²) < 4.78 is 3.80. The van der Waals surface area contributed by atoms with Crippen molar-refractivity contribution in [1.82, 2.24) is 24.4 Å². The number of hydrogen-bond donors (Lipinski definition) is 0. The third-order valence-corrected chi connectivity index (χ3v) is 5.06. The summed E-state index contributed by atoms with van der Waals surface area (Å²) in [6, 6.07) is 12.4. The molecule has 0 aliphatic heterocycles. The summed E-state index contributed by atoms with van der Waals surface area (Å²) in [6.07, 6.45) is 3.93. The summed E-state index contributed by atoms with van der Waals surface area (Å²) in [4.78, 5) is 4.92. The molecule has 0 amide bonds. The minimum absolute atomic E-state index is 0.815. The lowest BCUT2D eigenvalue weighted by atomic mass is 10.1. The molecule has 4 aromatic rings. The molecule has 5 nitrogen and oxygen atoms in total. The van der Waals surface area contributed by atoms with Crippen LogP contribution < -0.4 is 0 Å². The van der Waals surface area contributed by atoms with Crippen molar-refractivity contribution in [2.45, 2.75) is 24.8 Å². The van der Waals surface area contributed by atoms with E-state index in [1.165, 1.54) is 11.1 Å². The highest BCUT2D eigenvalue weighted by Gasteiger charge is 2.17. The molecular weight excluding hydrogens is 330 g/mol. The Morgan fingerprint density at radius 3 is 2.64 bits per heavy atom. The van der Waals surface area contributed by atoms with Crippen molar-refractivity contribution in [2.24, 2.45) is 7.05 Å². The highest BCUT2D eigenvalue weighted by atomic mass is 32.2. The summed E-state index contributed by atoms with van der Waals surface area (Å²) in [5.74, 6) is 0.815. The second-order valence-electron chi connectivity index (χ2n) is 6.15. The number of benzene rings is 1. The van der Waals surface area contributed by atoms with Gasteiger partial charge in [-0.2, -0.15) is 10.2 Å². The average Bonchev–Trinajstić information content (AvgIpc) is 3.17. The number of hydrogen-bond acceptors (Lipinski definition) is 4. The van der Waals surface area contributed by atoms with Crippen LogP contribution in [0.5, 0.6) is 0 Å². The molecule has 3 heterocycles. The summed E-state index contributed by atoms with van der Waals surface area (Å²) >= 11 is 1.69. The van der Waals surface area contributed by atoms with Gasteiger partial charge < -0.3 is 0 Å². The zero-order valence-electron chi connectivity index (χ0n) is 14.5. The van der Waals surface area contributed by atoms with Crippen LogP contribution in [0.3, 0.4) is 0 Å². The summed E-state index contributed by atoms with van der Waals surface area (Å²) in [7, 11) is 1.93. The second-order valence-corrected chi connectivity index (χ2v) is 7.09. The van der Waals surface area contributed by atoms with Crippen LogP contribution in [-0.2, 0) is 12.8 Å². The molecule has 25 heavy (non-hydrogen) atoms. The fourth-order valence-corrected chi connectivity index (χ4v) is 3.85. The van der Waals surface area contributed by atoms with Crippen molar-refractivity contribution in [2.75, 3.05) is 0 Å². The topological polar surface area (TPSA) is 48.0 Å². The minimum Gasteiger partial charge on any atom is -0.276 e. The first kappa shape index (κ1) is 15.9. The fraction of sp³-hybridized carbons (Fsp3) is 0.211. The molecule has 0 saturated carbocycles. The molecule has 0 saturated heterocycles. The molecule has 0 bridgehead atoms. The van der Waals surface area contributed by atoms with Gasteiger partial charge in [-0.15, -0.1) is 0 Å². The number of aryl methyl sites for hydroxylation is 3. The van der Waals surface area contributed by atoms with E-state index >= 15 is 0 Å². The Bertz CT molecular complexity index is 1030. The van der Waals surface area contributed by atoms with Gasteiger partial charge in [0.1, 0.15) is 0 Å². The Kier molecular flexibility index (Phi) is 4.05. The van der Waals surface area contributed by atoms with E-state index in [0.717, 1.165) is 33.4 Å². The fourth-order valence-electron chi connectivity index (χ4n) is 2.99. The predicted molar refractivity (Wildman–Crippen MR) is 101 cm³/mol. The van der Waals surface area contributed by atoms with Crippen molar-refractivity contribution in [3.05, 3.63) is 65.6 Å². The lowest BCUT2D eigenvalue weighted by Gasteiger charge is -2.04. The lowest BCUT2D eigenvalue weighted by molar-refractivity contribution is 0.767. The summed E-state index contributed by atoms with van der Waals surface area (Å²) in [5, 5.41) is 9.85. The van der Waals surface area contributed by atoms with Crippen LogP contribution in [0.1, 0.15) is 16.8 Å². The summed E-state index contributed by atoms with van der Waals surface area (Å²) in [5.41, 5.74) is 6.53. The van der Waals surface area contributed by atoms with E-state index in [9.17, 15) is 0 Å². The Morgan fingerprint density at radius 1 is 1.12 bits per heavy atom. The van der Waals surface area contributed by atoms with Gasteiger partial charge in [0.25, 0.3) is 0 Å². The number of nitrogens with zero attached hydrogens (tertiary/aromatic N) is 5. The molecule has 0 spiro atoms. The van der Waals surface area contributed by atoms with Crippen molar-refractivity contribution < 1.29 is 0 Å². The van der Waals surface area contributed by atoms with Gasteiger partial charge in [-0.05, 0) is 25.5 Å². The molecule has 0 aliphatic carbocycles. The quantitative estimate of drug-likeness (QED) is 0.522. The van der Waals surface area contributed by atoms with Crippen LogP contribution in [0.15, 0.2) is 53.9 Å². The molecular formula is C19H19N5S. The number of rotatable bonds is 4. The largest absolute Gasteiger partial charge is 0.276 e. The van der Waals surface area contributed by atoms with Gasteiger partial charge >= 0.3 is 0 Å². The highest BCUT2D eigenvalue weighted by molar-refractivity contribution is 7.98. The molecule has 0 unspecified atom stereocenters. The molecule has 3 aromatic heterocycles. The third kappa shape index (κ3) is 3.05. The molecule has 0 radical (unpaired) electrons. The van der Waals surface area contributed by atoms with Crippen LogP contribution in [-0.4, -0.2) is 24.4 Å². The van der Waals surface area contributed by atoms with Crippen LogP contribution in [0.4, 0.5) is 0 Å². The number of imidazole rings is 1. The number of thioether (sulfide) groups is 1. The minimum atomic E-state index is 0.815. The Labute approximate surface area is 150 Å². The van der Waals surface area contributed by atoms with Crippen molar-refractivity contribution >= 4 is 17.3 Å². The maximum atomic E-state index is 4.92. The first-order valence-electron chi connectivity index (χ1n) is 8.14. The van der Waals surface area contributed by atoms with E-state index in [0.29, 0.717) is 0 Å². The van der Waals surface area contributed by atoms with E-state index in [2.05, 4.69) is 30.2 Å². The molecule has 1 aromatic carbocycles. The van der Waals surface area contributed by atoms with Gasteiger partial charge in [-0.25, -0.2) is 9.50 Å². The Hall–Kier alpha value is -2.60. The average molecular weight is 349 g/mol. The smallest absolute Gasteiger partial charge is 0.190 e. The van der Waals surface area contributed by atoms with Gasteiger partial charge in [-0.1, -0.05) is 42.1 Å². The Balaban J connectivity index is 1.81. The molecule has 126 valence electrons. The zero-order valence-corrected chi connectivity index (χ0v) is 15.3. The van der Waals surface area contributed by atoms with Crippen LogP contribution in [0.2, 0.25) is 0 Å². The van der Waals surface area contributed by atoms with E-state index < -0.39 is 0 Å². The normalized spacial score (nSPS) is 11.3. The van der Waals surface area contributed by atoms with Crippen LogP contribution in [0.25, 0.3) is 16.8 Å². The van der Waals surface area contributed by atoms with E-state index in [-0.39, 0.29) is 0 Å². The SMILES string of the molecule is Cc1cc(C)c2c(-c3ccccc3)nc(SCc3cnn(C)c3)n2n1. The zero-order chi connectivity index (χ0) is 17.4. The summed E-state index contributed by atoms with van der Waals surface area (Å²) in [6.45, 7) is 4.14. The molecule has 0 atom stereocenters. The van der Waals surface area contributed by atoms with Gasteiger partial charge in [0.2, 0.25) is 0 Å². The van der Waals surface area contributed by atoms with E-state index in [4.69, 9.17) is 10.1 Å². The monoisotopic (exact) mass is 349 g/mol. The maximum Gasteiger partial charge on any atom is 0.190 e. The van der Waals surface area contributed by atoms with Gasteiger partial charge in [-0.3, -0.25) is 4.68 Å². The van der Waals surface area contributed by atoms with Gasteiger partial charge in [0, 0.05) is 30.1 Å².